The summed E-state index contributed by atoms with van der Waals surface area (Å²) in [4.78, 5) is 0. The SMILES string of the molecule is COc1cccc(CN)c1OC1CC2CCC1C2. The predicted octanol–water partition coefficient (Wildman–Crippen LogP) is 2.72. The molecule has 0 spiro atoms. The van der Waals surface area contributed by atoms with Crippen LogP contribution >= 0.6 is 0 Å². The largest absolute Gasteiger partial charge is 0.493 e. The molecule has 0 amide bonds. The molecule has 2 bridgehead atoms. The van der Waals surface area contributed by atoms with Crippen molar-refractivity contribution in [3.8, 4) is 11.5 Å². The van der Waals surface area contributed by atoms with Gasteiger partial charge >= 0.3 is 0 Å². The van der Waals surface area contributed by atoms with E-state index < -0.39 is 0 Å². The third-order valence-corrected chi connectivity index (χ3v) is 4.44. The van der Waals surface area contributed by atoms with Gasteiger partial charge in [-0.25, -0.2) is 0 Å². The highest BCUT2D eigenvalue weighted by Gasteiger charge is 2.41. The first kappa shape index (κ1) is 11.8. The summed E-state index contributed by atoms with van der Waals surface area (Å²) in [6.07, 6.45) is 5.62. The van der Waals surface area contributed by atoms with Crippen LogP contribution in [0.4, 0.5) is 0 Å². The molecule has 3 heteroatoms. The number of fused-ring (bicyclic) bond motifs is 2. The average Bonchev–Trinajstić information content (AvgIpc) is 3.01. The van der Waals surface area contributed by atoms with Crippen molar-refractivity contribution in [1.82, 2.24) is 0 Å². The Labute approximate surface area is 108 Å². The highest BCUT2D eigenvalue weighted by molar-refractivity contribution is 5.46. The third kappa shape index (κ3) is 1.97. The maximum Gasteiger partial charge on any atom is 0.166 e. The van der Waals surface area contributed by atoms with Gasteiger partial charge in [-0.05, 0) is 43.6 Å². The molecular weight excluding hydrogens is 226 g/mol. The second-order valence-corrected chi connectivity index (χ2v) is 5.48. The molecule has 3 nitrogen and oxygen atoms in total. The number of benzene rings is 1. The van der Waals surface area contributed by atoms with E-state index in [9.17, 15) is 0 Å². The highest BCUT2D eigenvalue weighted by atomic mass is 16.5. The third-order valence-electron chi connectivity index (χ3n) is 4.44. The number of hydrogen-bond acceptors (Lipinski definition) is 3. The molecule has 98 valence electrons. The summed E-state index contributed by atoms with van der Waals surface area (Å²) in [6, 6.07) is 5.93. The Hall–Kier alpha value is -1.22. The fourth-order valence-corrected chi connectivity index (χ4v) is 3.50. The van der Waals surface area contributed by atoms with Crippen LogP contribution in [0.25, 0.3) is 0 Å². The molecule has 18 heavy (non-hydrogen) atoms. The van der Waals surface area contributed by atoms with Crippen molar-refractivity contribution < 1.29 is 9.47 Å². The van der Waals surface area contributed by atoms with Crippen molar-refractivity contribution in [3.05, 3.63) is 23.8 Å². The molecule has 2 saturated carbocycles. The van der Waals surface area contributed by atoms with Gasteiger partial charge in [0.05, 0.1) is 7.11 Å². The molecule has 3 rings (SSSR count). The van der Waals surface area contributed by atoms with Crippen molar-refractivity contribution in [2.45, 2.75) is 38.3 Å². The van der Waals surface area contributed by atoms with Crippen LogP contribution in [0, 0.1) is 11.8 Å². The lowest BCUT2D eigenvalue weighted by atomic mass is 9.97. The van der Waals surface area contributed by atoms with E-state index >= 15 is 0 Å². The van der Waals surface area contributed by atoms with E-state index in [1.807, 2.05) is 18.2 Å². The zero-order chi connectivity index (χ0) is 12.5. The van der Waals surface area contributed by atoms with Crippen LogP contribution in [0.3, 0.4) is 0 Å². The lowest BCUT2D eigenvalue weighted by Gasteiger charge is -2.25. The molecule has 3 unspecified atom stereocenters. The van der Waals surface area contributed by atoms with E-state index in [0.717, 1.165) is 28.9 Å². The quantitative estimate of drug-likeness (QED) is 0.889. The molecule has 0 heterocycles. The molecule has 2 aliphatic rings. The molecule has 0 radical (unpaired) electrons. The highest BCUT2D eigenvalue weighted by Crippen LogP contribution is 2.47. The lowest BCUT2D eigenvalue weighted by Crippen LogP contribution is -2.24. The summed E-state index contributed by atoms with van der Waals surface area (Å²) in [7, 11) is 1.68. The van der Waals surface area contributed by atoms with Crippen LogP contribution in [0.5, 0.6) is 11.5 Å². The molecule has 0 aromatic heterocycles. The number of rotatable bonds is 4. The molecule has 1 aromatic rings. The Balaban J connectivity index is 1.83. The summed E-state index contributed by atoms with van der Waals surface area (Å²) < 4.78 is 11.6. The van der Waals surface area contributed by atoms with Crippen molar-refractivity contribution in [2.75, 3.05) is 7.11 Å². The molecule has 2 aliphatic carbocycles. The average molecular weight is 247 g/mol. The summed E-state index contributed by atoms with van der Waals surface area (Å²) >= 11 is 0. The first-order chi connectivity index (χ1) is 8.81. The maximum atomic E-state index is 6.25. The minimum atomic E-state index is 0.366. The van der Waals surface area contributed by atoms with Crippen LogP contribution in [0.1, 0.15) is 31.2 Å². The Morgan fingerprint density at radius 2 is 2.17 bits per heavy atom. The smallest absolute Gasteiger partial charge is 0.166 e. The Bertz CT molecular complexity index is 410. The van der Waals surface area contributed by atoms with Gasteiger partial charge < -0.3 is 15.2 Å². The van der Waals surface area contributed by atoms with E-state index in [1.54, 1.807) is 7.11 Å². The Morgan fingerprint density at radius 3 is 2.78 bits per heavy atom. The minimum Gasteiger partial charge on any atom is -0.493 e. The van der Waals surface area contributed by atoms with E-state index in [0.29, 0.717) is 12.6 Å². The summed E-state index contributed by atoms with van der Waals surface area (Å²) in [5.41, 5.74) is 6.83. The second-order valence-electron chi connectivity index (χ2n) is 5.48. The van der Waals surface area contributed by atoms with Crippen LogP contribution in [-0.2, 0) is 6.54 Å². The van der Waals surface area contributed by atoms with E-state index in [1.165, 1.54) is 25.7 Å². The number of methoxy groups -OCH3 is 1. The van der Waals surface area contributed by atoms with Crippen molar-refractivity contribution in [3.63, 3.8) is 0 Å². The Kier molecular flexibility index (Phi) is 3.16. The van der Waals surface area contributed by atoms with Crippen molar-refractivity contribution >= 4 is 0 Å². The van der Waals surface area contributed by atoms with Crippen molar-refractivity contribution in [2.24, 2.45) is 17.6 Å². The van der Waals surface area contributed by atoms with E-state index in [2.05, 4.69) is 0 Å². The zero-order valence-electron chi connectivity index (χ0n) is 10.9. The van der Waals surface area contributed by atoms with Gasteiger partial charge in [-0.15, -0.1) is 0 Å². The van der Waals surface area contributed by atoms with Crippen LogP contribution in [0.15, 0.2) is 18.2 Å². The molecule has 0 saturated heterocycles. The molecule has 0 aliphatic heterocycles. The van der Waals surface area contributed by atoms with Gasteiger partial charge in [0.25, 0.3) is 0 Å². The lowest BCUT2D eigenvalue weighted by molar-refractivity contribution is 0.132. The molecule has 2 fully saturated rings. The van der Waals surface area contributed by atoms with Gasteiger partial charge in [0.15, 0.2) is 11.5 Å². The summed E-state index contributed by atoms with van der Waals surface area (Å²) in [6.45, 7) is 0.493. The summed E-state index contributed by atoms with van der Waals surface area (Å²) in [5, 5.41) is 0. The standard InChI is InChI=1S/C15H21NO2/c1-17-13-4-2-3-12(9-16)15(13)18-14-8-10-5-6-11(14)7-10/h2-4,10-11,14H,5-9,16H2,1H3. The molecule has 3 atom stereocenters. The maximum absolute atomic E-state index is 6.25. The monoisotopic (exact) mass is 247 g/mol. The molecule has 2 N–H and O–H groups in total. The number of ether oxygens (including phenoxy) is 2. The number of para-hydroxylation sites is 1. The van der Waals surface area contributed by atoms with Gasteiger partial charge in [0, 0.05) is 12.1 Å². The summed E-state index contributed by atoms with van der Waals surface area (Å²) in [5.74, 6) is 3.29. The van der Waals surface area contributed by atoms with Gasteiger partial charge in [0.2, 0.25) is 0 Å². The van der Waals surface area contributed by atoms with Gasteiger partial charge in [0.1, 0.15) is 6.10 Å². The first-order valence-electron chi connectivity index (χ1n) is 6.84. The number of nitrogens with two attached hydrogens (primary N) is 1. The van der Waals surface area contributed by atoms with Gasteiger partial charge in [-0.2, -0.15) is 0 Å². The van der Waals surface area contributed by atoms with Gasteiger partial charge in [-0.3, -0.25) is 0 Å². The number of hydrogen-bond donors (Lipinski definition) is 1. The van der Waals surface area contributed by atoms with E-state index in [-0.39, 0.29) is 0 Å². The zero-order valence-corrected chi connectivity index (χ0v) is 10.9. The van der Waals surface area contributed by atoms with E-state index in [4.69, 9.17) is 15.2 Å². The van der Waals surface area contributed by atoms with Crippen LogP contribution in [0.2, 0.25) is 0 Å². The molecular formula is C15H21NO2. The van der Waals surface area contributed by atoms with Crippen molar-refractivity contribution in [1.29, 1.82) is 0 Å². The normalized spacial score (nSPS) is 29.6. The van der Waals surface area contributed by atoms with Crippen LogP contribution < -0.4 is 15.2 Å². The fraction of sp³-hybridized carbons (Fsp3) is 0.600. The minimum absolute atomic E-state index is 0.366. The topological polar surface area (TPSA) is 44.5 Å². The predicted molar refractivity (Wildman–Crippen MR) is 70.7 cm³/mol. The fourth-order valence-electron chi connectivity index (χ4n) is 3.50. The second kappa shape index (κ2) is 4.81. The van der Waals surface area contributed by atoms with Crippen LogP contribution in [-0.4, -0.2) is 13.2 Å². The van der Waals surface area contributed by atoms with Gasteiger partial charge in [-0.1, -0.05) is 12.1 Å². The Morgan fingerprint density at radius 1 is 1.28 bits per heavy atom. The first-order valence-corrected chi connectivity index (χ1v) is 6.84. The molecule has 1 aromatic carbocycles.